The molecule has 0 bridgehead atoms. The summed E-state index contributed by atoms with van der Waals surface area (Å²) < 4.78 is 2.10. The van der Waals surface area contributed by atoms with Gasteiger partial charge in [-0.25, -0.2) is 0 Å². The molecule has 0 atom stereocenters. The smallest absolute Gasteiger partial charge is 0.307 e. The average Bonchev–Trinajstić information content (AvgIpc) is 2.57. The van der Waals surface area contributed by atoms with E-state index in [-0.39, 0.29) is 6.42 Å². The highest BCUT2D eigenvalue weighted by molar-refractivity contribution is 7.15. The maximum atomic E-state index is 10.6. The topological polar surface area (TPSA) is 41.7 Å². The summed E-state index contributed by atoms with van der Waals surface area (Å²) in [6.45, 7) is 3.99. The molecule has 0 amide bonds. The molecule has 0 aliphatic heterocycles. The second kappa shape index (κ2) is 3.13. The van der Waals surface area contributed by atoms with E-state index in [9.17, 15) is 4.79 Å². The molecule has 14 heavy (non-hydrogen) atoms. The number of thiazole rings is 1. The van der Waals surface area contributed by atoms with Gasteiger partial charge in [-0.3, -0.25) is 4.79 Å². The maximum Gasteiger partial charge on any atom is 0.307 e. The van der Waals surface area contributed by atoms with Crippen LogP contribution in [-0.2, 0) is 11.2 Å². The van der Waals surface area contributed by atoms with Gasteiger partial charge in [0, 0.05) is 16.8 Å². The van der Waals surface area contributed by atoms with Crippen molar-refractivity contribution in [3.8, 4) is 0 Å². The number of nitrogens with zero attached hydrogens (tertiary/aromatic N) is 1. The molecule has 0 aromatic carbocycles. The maximum absolute atomic E-state index is 10.6. The summed E-state index contributed by atoms with van der Waals surface area (Å²) >= 11 is 1.65. The lowest BCUT2D eigenvalue weighted by Gasteiger charge is -1.97. The minimum atomic E-state index is -0.774. The quantitative estimate of drug-likeness (QED) is 0.824. The first-order valence-electron chi connectivity index (χ1n) is 4.36. The molecule has 0 saturated carbocycles. The highest BCUT2D eigenvalue weighted by Gasteiger charge is 2.11. The van der Waals surface area contributed by atoms with Crippen molar-refractivity contribution in [2.45, 2.75) is 20.3 Å². The van der Waals surface area contributed by atoms with Crippen LogP contribution in [0.5, 0.6) is 0 Å². The lowest BCUT2D eigenvalue weighted by Crippen LogP contribution is -2.01. The summed E-state index contributed by atoms with van der Waals surface area (Å²) in [7, 11) is 0. The molecule has 4 heteroatoms. The predicted molar refractivity (Wildman–Crippen MR) is 56.1 cm³/mol. The summed E-state index contributed by atoms with van der Waals surface area (Å²) in [4.78, 5) is 11.7. The minimum Gasteiger partial charge on any atom is -0.481 e. The first-order chi connectivity index (χ1) is 6.59. The second-order valence-corrected chi connectivity index (χ2v) is 4.27. The molecule has 0 unspecified atom stereocenters. The predicted octanol–water partition coefficient (Wildman–Crippen LogP) is 2.24. The van der Waals surface area contributed by atoms with Crippen molar-refractivity contribution in [2.24, 2.45) is 0 Å². The molecule has 2 rings (SSSR count). The Kier molecular flexibility index (Phi) is 2.07. The summed E-state index contributed by atoms with van der Waals surface area (Å²) in [5, 5.41) is 10.8. The van der Waals surface area contributed by atoms with Gasteiger partial charge in [0.2, 0.25) is 0 Å². The second-order valence-electron chi connectivity index (χ2n) is 3.38. The molecule has 0 aliphatic rings. The number of fused-ring (bicyclic) bond motifs is 1. The number of carboxylic acids is 1. The van der Waals surface area contributed by atoms with E-state index in [1.165, 1.54) is 5.69 Å². The summed E-state index contributed by atoms with van der Waals surface area (Å²) in [6.07, 6.45) is 0.111. The lowest BCUT2D eigenvalue weighted by atomic mass is 10.2. The van der Waals surface area contributed by atoms with Crippen LogP contribution in [0.3, 0.4) is 0 Å². The van der Waals surface area contributed by atoms with Gasteiger partial charge in [0.25, 0.3) is 0 Å². The zero-order chi connectivity index (χ0) is 10.3. The molecule has 0 fully saturated rings. The zero-order valence-corrected chi connectivity index (χ0v) is 8.89. The van der Waals surface area contributed by atoms with Gasteiger partial charge in [0.1, 0.15) is 0 Å². The van der Waals surface area contributed by atoms with Crippen molar-refractivity contribution >= 4 is 22.1 Å². The van der Waals surface area contributed by atoms with E-state index in [1.807, 2.05) is 19.9 Å². The molecule has 0 saturated heterocycles. The van der Waals surface area contributed by atoms with Crippen LogP contribution in [0.15, 0.2) is 11.4 Å². The van der Waals surface area contributed by atoms with Crippen molar-refractivity contribution in [1.82, 2.24) is 4.40 Å². The summed E-state index contributed by atoms with van der Waals surface area (Å²) in [5.74, 6) is -0.774. The van der Waals surface area contributed by atoms with Crippen LogP contribution in [0, 0.1) is 13.8 Å². The Morgan fingerprint density at radius 3 is 2.86 bits per heavy atom. The van der Waals surface area contributed by atoms with Gasteiger partial charge in [0.05, 0.1) is 11.3 Å². The third-order valence-corrected chi connectivity index (χ3v) is 3.36. The highest BCUT2D eigenvalue weighted by Crippen LogP contribution is 2.23. The number of hydrogen-bond donors (Lipinski definition) is 1. The fraction of sp³-hybridized carbons (Fsp3) is 0.300. The van der Waals surface area contributed by atoms with E-state index >= 15 is 0 Å². The van der Waals surface area contributed by atoms with Gasteiger partial charge in [-0.1, -0.05) is 0 Å². The molecule has 2 heterocycles. The molecular weight excluding hydrogens is 198 g/mol. The Balaban J connectivity index is 2.57. The van der Waals surface area contributed by atoms with Gasteiger partial charge in [-0.2, -0.15) is 0 Å². The van der Waals surface area contributed by atoms with E-state index in [0.29, 0.717) is 0 Å². The van der Waals surface area contributed by atoms with E-state index < -0.39 is 5.97 Å². The van der Waals surface area contributed by atoms with Crippen LogP contribution in [0.4, 0.5) is 0 Å². The number of hydrogen-bond acceptors (Lipinski definition) is 2. The van der Waals surface area contributed by atoms with E-state index in [4.69, 9.17) is 5.11 Å². The van der Waals surface area contributed by atoms with Gasteiger partial charge in [0.15, 0.2) is 0 Å². The van der Waals surface area contributed by atoms with Gasteiger partial charge in [-0.05, 0) is 25.5 Å². The molecule has 3 nitrogen and oxygen atoms in total. The highest BCUT2D eigenvalue weighted by atomic mass is 32.1. The monoisotopic (exact) mass is 209 g/mol. The fourth-order valence-electron chi connectivity index (χ4n) is 1.69. The Morgan fingerprint density at radius 2 is 2.29 bits per heavy atom. The Morgan fingerprint density at radius 1 is 1.57 bits per heavy atom. The zero-order valence-electron chi connectivity index (χ0n) is 8.07. The van der Waals surface area contributed by atoms with Crippen molar-refractivity contribution in [2.75, 3.05) is 0 Å². The molecule has 1 N–H and O–H groups in total. The van der Waals surface area contributed by atoms with Crippen molar-refractivity contribution < 1.29 is 9.90 Å². The van der Waals surface area contributed by atoms with E-state index in [2.05, 4.69) is 9.78 Å². The first kappa shape index (κ1) is 9.27. The summed E-state index contributed by atoms with van der Waals surface area (Å²) in [6, 6.07) is 1.96. The standard InChI is InChI=1S/C10H11NO2S/c1-6-5-14-9-3-8(4-10(12)13)7(2)11(6)9/h3,5H,4H2,1-2H3,(H,12,13). The van der Waals surface area contributed by atoms with Crippen LogP contribution >= 0.6 is 11.3 Å². The molecular formula is C10H11NO2S. The molecule has 0 radical (unpaired) electrons. The van der Waals surface area contributed by atoms with Crippen LogP contribution in [-0.4, -0.2) is 15.5 Å². The molecule has 0 aliphatic carbocycles. The van der Waals surface area contributed by atoms with E-state index in [0.717, 1.165) is 16.1 Å². The number of carboxylic acid groups (broad SMARTS) is 1. The van der Waals surface area contributed by atoms with Crippen LogP contribution in [0.1, 0.15) is 17.0 Å². The van der Waals surface area contributed by atoms with Gasteiger partial charge in [-0.15, -0.1) is 11.3 Å². The third-order valence-electron chi connectivity index (χ3n) is 2.36. The molecule has 2 aromatic heterocycles. The van der Waals surface area contributed by atoms with Crippen LogP contribution in [0.25, 0.3) is 4.83 Å². The SMILES string of the molecule is Cc1csc2cc(CC(=O)O)c(C)n12. The van der Waals surface area contributed by atoms with E-state index in [1.54, 1.807) is 11.3 Å². The lowest BCUT2D eigenvalue weighted by molar-refractivity contribution is -0.136. The van der Waals surface area contributed by atoms with Gasteiger partial charge >= 0.3 is 5.97 Å². The van der Waals surface area contributed by atoms with Crippen molar-refractivity contribution in [1.29, 1.82) is 0 Å². The minimum absolute atomic E-state index is 0.111. The van der Waals surface area contributed by atoms with Gasteiger partial charge < -0.3 is 9.51 Å². The number of aliphatic carboxylic acids is 1. The molecule has 0 spiro atoms. The van der Waals surface area contributed by atoms with Crippen molar-refractivity contribution in [3.05, 3.63) is 28.4 Å². The van der Waals surface area contributed by atoms with Crippen LogP contribution in [0.2, 0.25) is 0 Å². The molecule has 74 valence electrons. The number of carbonyl (C=O) groups is 1. The first-order valence-corrected chi connectivity index (χ1v) is 5.24. The normalized spacial score (nSPS) is 11.0. The Labute approximate surface area is 85.6 Å². The van der Waals surface area contributed by atoms with Crippen LogP contribution < -0.4 is 0 Å². The number of aromatic nitrogens is 1. The number of aryl methyl sites for hydroxylation is 2. The number of rotatable bonds is 2. The Hall–Kier alpha value is -1.29. The average molecular weight is 209 g/mol. The Bertz CT molecular complexity index is 495. The fourth-order valence-corrected chi connectivity index (χ4v) is 2.69. The largest absolute Gasteiger partial charge is 0.481 e. The third kappa shape index (κ3) is 1.32. The van der Waals surface area contributed by atoms with Crippen molar-refractivity contribution in [3.63, 3.8) is 0 Å². The molecule has 2 aromatic rings. The summed E-state index contributed by atoms with van der Waals surface area (Å²) in [5.41, 5.74) is 3.12.